The zero-order chi connectivity index (χ0) is 17.9. The number of hydrogen-bond acceptors (Lipinski definition) is 2. The molecule has 1 N–H and O–H groups in total. The lowest BCUT2D eigenvalue weighted by molar-refractivity contribution is 0.0963. The van der Waals surface area contributed by atoms with E-state index in [0.717, 1.165) is 18.2 Å². The molecule has 0 amide bonds. The van der Waals surface area contributed by atoms with Gasteiger partial charge in [0.2, 0.25) is 0 Å². The van der Waals surface area contributed by atoms with Gasteiger partial charge < -0.3 is 10.1 Å². The Morgan fingerprint density at radius 2 is 1.80 bits per heavy atom. The minimum Gasteiger partial charge on any atom is -0.490 e. The van der Waals surface area contributed by atoms with Gasteiger partial charge in [-0.15, -0.1) is 0 Å². The zero-order valence-corrected chi connectivity index (χ0v) is 16.8. The molecule has 0 aromatic heterocycles. The summed E-state index contributed by atoms with van der Waals surface area (Å²) in [5, 5.41) is 3.52. The Bertz CT molecular complexity index is 479. The number of anilines is 1. The Hall–Kier alpha value is -1.18. The molecular formula is C23H39NO. The third-order valence-corrected chi connectivity index (χ3v) is 5.58. The molecule has 1 unspecified atom stereocenters. The van der Waals surface area contributed by atoms with Crippen molar-refractivity contribution in [3.63, 3.8) is 0 Å². The number of rotatable bonds is 11. The van der Waals surface area contributed by atoms with E-state index in [1.54, 1.807) is 0 Å². The van der Waals surface area contributed by atoms with Crippen LogP contribution in [-0.2, 0) is 0 Å². The summed E-state index contributed by atoms with van der Waals surface area (Å²) in [5.74, 6) is 1.85. The maximum absolute atomic E-state index is 6.58. The molecule has 1 aromatic carbocycles. The van der Waals surface area contributed by atoms with Crippen LogP contribution in [0.1, 0.15) is 90.0 Å². The number of unbranched alkanes of at least 4 members (excludes halogenated alkanes) is 3. The highest BCUT2D eigenvalue weighted by atomic mass is 16.5. The fourth-order valence-corrected chi connectivity index (χ4v) is 3.96. The van der Waals surface area contributed by atoms with Crippen LogP contribution in [0.2, 0.25) is 0 Å². The van der Waals surface area contributed by atoms with Gasteiger partial charge in [-0.2, -0.15) is 0 Å². The van der Waals surface area contributed by atoms with Crippen LogP contribution in [0.5, 0.6) is 5.75 Å². The largest absolute Gasteiger partial charge is 0.490 e. The fraction of sp³-hybridized carbons (Fsp3) is 0.739. The standard InChI is InChI=1S/C23H39NO/c1-4-6-9-14-23(20-12-10-8-11-13-20)25-22-16-15-21(18-19(22)3)24-17-7-5-2/h15-16,18,20,23-24H,4-14,17H2,1-3H3. The van der Waals surface area contributed by atoms with Crippen molar-refractivity contribution in [2.24, 2.45) is 5.92 Å². The van der Waals surface area contributed by atoms with Gasteiger partial charge in [-0.25, -0.2) is 0 Å². The van der Waals surface area contributed by atoms with Crippen LogP contribution < -0.4 is 10.1 Å². The predicted molar refractivity (Wildman–Crippen MR) is 110 cm³/mol. The number of aryl methyl sites for hydroxylation is 1. The molecule has 1 fully saturated rings. The Morgan fingerprint density at radius 3 is 2.48 bits per heavy atom. The summed E-state index contributed by atoms with van der Waals surface area (Å²) in [6, 6.07) is 6.61. The number of nitrogens with one attached hydrogen (secondary N) is 1. The number of hydrogen-bond donors (Lipinski definition) is 1. The maximum Gasteiger partial charge on any atom is 0.122 e. The second-order valence-electron chi connectivity index (χ2n) is 7.81. The first-order chi connectivity index (χ1) is 12.2. The normalized spacial score (nSPS) is 16.6. The molecule has 0 spiro atoms. The topological polar surface area (TPSA) is 21.3 Å². The SMILES string of the molecule is CCCCCC(Oc1ccc(NCCCC)cc1C)C1CCCCC1. The molecule has 0 aliphatic heterocycles. The smallest absolute Gasteiger partial charge is 0.122 e. The first-order valence-corrected chi connectivity index (χ1v) is 10.8. The van der Waals surface area contributed by atoms with Crippen molar-refractivity contribution >= 4 is 5.69 Å². The number of ether oxygens (including phenoxy) is 1. The van der Waals surface area contributed by atoms with E-state index in [9.17, 15) is 0 Å². The summed E-state index contributed by atoms with van der Waals surface area (Å²) in [6.07, 6.45) is 14.9. The first kappa shape index (κ1) is 20.1. The zero-order valence-electron chi connectivity index (χ0n) is 16.8. The maximum atomic E-state index is 6.58. The molecule has 2 nitrogen and oxygen atoms in total. The molecule has 0 heterocycles. The highest BCUT2D eigenvalue weighted by Gasteiger charge is 2.25. The average molecular weight is 346 g/mol. The molecule has 25 heavy (non-hydrogen) atoms. The van der Waals surface area contributed by atoms with Crippen molar-refractivity contribution in [3.8, 4) is 5.75 Å². The second kappa shape index (κ2) is 11.4. The summed E-state index contributed by atoms with van der Waals surface area (Å²) < 4.78 is 6.58. The lowest BCUT2D eigenvalue weighted by Crippen LogP contribution is -2.29. The minimum absolute atomic E-state index is 0.407. The van der Waals surface area contributed by atoms with Crippen LogP contribution in [0.3, 0.4) is 0 Å². The van der Waals surface area contributed by atoms with Gasteiger partial charge in [-0.3, -0.25) is 0 Å². The highest BCUT2D eigenvalue weighted by molar-refractivity contribution is 5.50. The third kappa shape index (κ3) is 6.92. The first-order valence-electron chi connectivity index (χ1n) is 10.8. The van der Waals surface area contributed by atoms with E-state index in [0.29, 0.717) is 6.10 Å². The molecule has 1 aliphatic carbocycles. The monoisotopic (exact) mass is 345 g/mol. The van der Waals surface area contributed by atoms with Crippen molar-refractivity contribution in [1.82, 2.24) is 0 Å². The fourth-order valence-electron chi connectivity index (χ4n) is 3.96. The molecule has 0 radical (unpaired) electrons. The molecule has 1 aliphatic rings. The Morgan fingerprint density at radius 1 is 1.04 bits per heavy atom. The summed E-state index contributed by atoms with van der Waals surface area (Å²) in [5.41, 5.74) is 2.48. The van der Waals surface area contributed by atoms with Crippen LogP contribution in [0.25, 0.3) is 0 Å². The van der Waals surface area contributed by atoms with Crippen molar-refractivity contribution in [2.45, 2.75) is 97.5 Å². The molecule has 1 aromatic rings. The molecule has 1 saturated carbocycles. The molecule has 1 atom stereocenters. The van der Waals surface area contributed by atoms with Crippen LogP contribution in [0, 0.1) is 12.8 Å². The van der Waals surface area contributed by atoms with Crippen LogP contribution >= 0.6 is 0 Å². The van der Waals surface area contributed by atoms with Gasteiger partial charge in [-0.1, -0.05) is 52.4 Å². The lowest BCUT2D eigenvalue weighted by atomic mass is 9.83. The summed E-state index contributed by atoms with van der Waals surface area (Å²) in [7, 11) is 0. The van der Waals surface area contributed by atoms with E-state index in [1.165, 1.54) is 81.9 Å². The van der Waals surface area contributed by atoms with Crippen molar-refractivity contribution < 1.29 is 4.74 Å². The molecular weight excluding hydrogens is 306 g/mol. The Labute approximate surface area is 155 Å². The van der Waals surface area contributed by atoms with Crippen molar-refractivity contribution in [1.29, 1.82) is 0 Å². The third-order valence-electron chi connectivity index (χ3n) is 5.58. The van der Waals surface area contributed by atoms with Gasteiger partial charge in [0, 0.05) is 12.2 Å². The predicted octanol–water partition coefficient (Wildman–Crippen LogP) is 7.12. The van der Waals surface area contributed by atoms with Gasteiger partial charge in [-0.05, 0) is 68.7 Å². The molecule has 2 rings (SSSR count). The summed E-state index contributed by atoms with van der Waals surface area (Å²) in [6.45, 7) is 7.75. The van der Waals surface area contributed by atoms with Crippen LogP contribution in [-0.4, -0.2) is 12.6 Å². The van der Waals surface area contributed by atoms with E-state index < -0.39 is 0 Å². The number of benzene rings is 1. The average Bonchev–Trinajstić information content (AvgIpc) is 2.64. The van der Waals surface area contributed by atoms with Crippen LogP contribution in [0.4, 0.5) is 5.69 Å². The Kier molecular flexibility index (Phi) is 9.21. The van der Waals surface area contributed by atoms with E-state index >= 15 is 0 Å². The van der Waals surface area contributed by atoms with E-state index in [2.05, 4.69) is 44.3 Å². The van der Waals surface area contributed by atoms with Gasteiger partial charge in [0.05, 0.1) is 0 Å². The summed E-state index contributed by atoms with van der Waals surface area (Å²) >= 11 is 0. The Balaban J connectivity index is 1.98. The van der Waals surface area contributed by atoms with Crippen LogP contribution in [0.15, 0.2) is 18.2 Å². The summed E-state index contributed by atoms with van der Waals surface area (Å²) in [4.78, 5) is 0. The molecule has 142 valence electrons. The quantitative estimate of drug-likeness (QED) is 0.431. The van der Waals surface area contributed by atoms with E-state index in [-0.39, 0.29) is 0 Å². The lowest BCUT2D eigenvalue weighted by Gasteiger charge is -2.31. The van der Waals surface area contributed by atoms with E-state index in [4.69, 9.17) is 4.74 Å². The van der Waals surface area contributed by atoms with Gasteiger partial charge in [0.1, 0.15) is 11.9 Å². The van der Waals surface area contributed by atoms with Crippen molar-refractivity contribution in [3.05, 3.63) is 23.8 Å². The molecule has 2 heteroatoms. The second-order valence-corrected chi connectivity index (χ2v) is 7.81. The molecule has 0 saturated heterocycles. The van der Waals surface area contributed by atoms with Crippen molar-refractivity contribution in [2.75, 3.05) is 11.9 Å². The van der Waals surface area contributed by atoms with Gasteiger partial charge in [0.15, 0.2) is 0 Å². The molecule has 0 bridgehead atoms. The van der Waals surface area contributed by atoms with E-state index in [1.807, 2.05) is 0 Å². The highest BCUT2D eigenvalue weighted by Crippen LogP contribution is 2.33. The van der Waals surface area contributed by atoms with Gasteiger partial charge >= 0.3 is 0 Å². The van der Waals surface area contributed by atoms with Gasteiger partial charge in [0.25, 0.3) is 0 Å². The minimum atomic E-state index is 0.407.